The molecule has 1 amide bonds. The van der Waals surface area contributed by atoms with E-state index in [2.05, 4.69) is 20.3 Å². The van der Waals surface area contributed by atoms with Crippen LogP contribution in [0.2, 0.25) is 0 Å². The maximum atomic E-state index is 12.3. The number of hydrogen-bond acceptors (Lipinski definition) is 4. The molecule has 1 aromatic carbocycles. The molecular weight excluding hydrogens is 268 g/mol. The van der Waals surface area contributed by atoms with Crippen LogP contribution in [0.3, 0.4) is 0 Å². The standard InChI is InChI=1S/C15H14N4O2/c1-2-21-13-6-4-3-5-11(13)19-15(20)10-7-12-14(16-8-10)18-9-17-12/h3-9H,2H2,1H3,(H,19,20)(H,16,17,18). The molecule has 0 bridgehead atoms. The number of nitrogens with one attached hydrogen (secondary N) is 2. The fourth-order valence-corrected chi connectivity index (χ4v) is 2.00. The Kier molecular flexibility index (Phi) is 3.51. The minimum Gasteiger partial charge on any atom is -0.492 e. The molecule has 2 heterocycles. The van der Waals surface area contributed by atoms with Crippen molar-refractivity contribution in [1.82, 2.24) is 15.0 Å². The summed E-state index contributed by atoms with van der Waals surface area (Å²) < 4.78 is 5.49. The number of aromatic amines is 1. The Morgan fingerprint density at radius 2 is 2.19 bits per heavy atom. The molecule has 0 radical (unpaired) electrons. The van der Waals surface area contributed by atoms with E-state index in [1.54, 1.807) is 18.5 Å². The van der Waals surface area contributed by atoms with Crippen LogP contribution in [0.5, 0.6) is 5.75 Å². The molecule has 0 aliphatic rings. The summed E-state index contributed by atoms with van der Waals surface area (Å²) in [6, 6.07) is 9.03. The number of H-pyrrole nitrogens is 1. The molecule has 3 aromatic rings. The molecule has 0 aliphatic heterocycles. The summed E-state index contributed by atoms with van der Waals surface area (Å²) in [7, 11) is 0. The number of nitrogens with zero attached hydrogens (tertiary/aromatic N) is 2. The number of para-hydroxylation sites is 2. The molecule has 0 fully saturated rings. The average molecular weight is 282 g/mol. The van der Waals surface area contributed by atoms with Gasteiger partial charge in [0.25, 0.3) is 5.91 Å². The summed E-state index contributed by atoms with van der Waals surface area (Å²) in [6.07, 6.45) is 3.05. The van der Waals surface area contributed by atoms with Crippen molar-refractivity contribution in [2.24, 2.45) is 0 Å². The number of anilines is 1. The Balaban J connectivity index is 1.85. The molecule has 0 unspecified atom stereocenters. The predicted octanol–water partition coefficient (Wildman–Crippen LogP) is 2.61. The highest BCUT2D eigenvalue weighted by atomic mass is 16.5. The lowest BCUT2D eigenvalue weighted by atomic mass is 10.2. The SMILES string of the molecule is CCOc1ccccc1NC(=O)c1cnc2nc[nH]c2c1. The minimum absolute atomic E-state index is 0.244. The van der Waals surface area contributed by atoms with E-state index in [4.69, 9.17) is 4.74 Å². The van der Waals surface area contributed by atoms with Crippen LogP contribution in [0.1, 0.15) is 17.3 Å². The molecule has 0 atom stereocenters. The van der Waals surface area contributed by atoms with Crippen molar-refractivity contribution in [3.63, 3.8) is 0 Å². The Labute approximate surface area is 121 Å². The number of rotatable bonds is 4. The number of fused-ring (bicyclic) bond motifs is 1. The monoisotopic (exact) mass is 282 g/mol. The van der Waals surface area contributed by atoms with E-state index in [9.17, 15) is 4.79 Å². The highest BCUT2D eigenvalue weighted by Gasteiger charge is 2.11. The molecule has 0 saturated heterocycles. The van der Waals surface area contributed by atoms with Crippen LogP contribution >= 0.6 is 0 Å². The lowest BCUT2D eigenvalue weighted by molar-refractivity contribution is 0.102. The maximum Gasteiger partial charge on any atom is 0.257 e. The first-order valence-electron chi connectivity index (χ1n) is 6.60. The summed E-state index contributed by atoms with van der Waals surface area (Å²) >= 11 is 0. The largest absolute Gasteiger partial charge is 0.492 e. The van der Waals surface area contributed by atoms with Crippen LogP contribution in [-0.2, 0) is 0 Å². The van der Waals surface area contributed by atoms with E-state index < -0.39 is 0 Å². The second kappa shape index (κ2) is 5.62. The van der Waals surface area contributed by atoms with Gasteiger partial charge in [-0.15, -0.1) is 0 Å². The number of aromatic nitrogens is 3. The second-order valence-corrected chi connectivity index (χ2v) is 4.38. The van der Waals surface area contributed by atoms with Gasteiger partial charge in [-0.2, -0.15) is 0 Å². The number of pyridine rings is 1. The average Bonchev–Trinajstić information content (AvgIpc) is 2.97. The molecule has 0 spiro atoms. The Hall–Kier alpha value is -2.89. The zero-order chi connectivity index (χ0) is 14.7. The quantitative estimate of drug-likeness (QED) is 0.770. The van der Waals surface area contributed by atoms with Crippen molar-refractivity contribution in [3.05, 3.63) is 48.4 Å². The van der Waals surface area contributed by atoms with Crippen LogP contribution in [-0.4, -0.2) is 27.5 Å². The van der Waals surface area contributed by atoms with Crippen LogP contribution in [0.4, 0.5) is 5.69 Å². The van der Waals surface area contributed by atoms with Gasteiger partial charge in [0.2, 0.25) is 0 Å². The van der Waals surface area contributed by atoms with Crippen molar-refractivity contribution in [2.45, 2.75) is 6.92 Å². The van der Waals surface area contributed by atoms with Gasteiger partial charge < -0.3 is 15.0 Å². The number of hydrogen-bond donors (Lipinski definition) is 2. The number of amides is 1. The maximum absolute atomic E-state index is 12.3. The van der Waals surface area contributed by atoms with E-state index in [0.717, 1.165) is 5.52 Å². The fourth-order valence-electron chi connectivity index (χ4n) is 2.00. The number of ether oxygens (including phenoxy) is 1. The van der Waals surface area contributed by atoms with E-state index in [0.29, 0.717) is 29.3 Å². The third-order valence-corrected chi connectivity index (χ3v) is 2.97. The Morgan fingerprint density at radius 3 is 3.05 bits per heavy atom. The van der Waals surface area contributed by atoms with Crippen molar-refractivity contribution in [1.29, 1.82) is 0 Å². The van der Waals surface area contributed by atoms with E-state index in [1.807, 2.05) is 25.1 Å². The first kappa shape index (κ1) is 13.1. The van der Waals surface area contributed by atoms with E-state index in [-0.39, 0.29) is 5.91 Å². The van der Waals surface area contributed by atoms with Gasteiger partial charge in [-0.3, -0.25) is 4.79 Å². The molecule has 21 heavy (non-hydrogen) atoms. The number of carbonyl (C=O) groups excluding carboxylic acids is 1. The third kappa shape index (κ3) is 2.69. The van der Waals surface area contributed by atoms with Crippen LogP contribution < -0.4 is 10.1 Å². The third-order valence-electron chi connectivity index (χ3n) is 2.97. The minimum atomic E-state index is -0.244. The number of carbonyl (C=O) groups is 1. The van der Waals surface area contributed by atoms with Gasteiger partial charge in [0.15, 0.2) is 5.65 Å². The highest BCUT2D eigenvalue weighted by molar-refractivity contribution is 6.06. The summed E-state index contributed by atoms with van der Waals surface area (Å²) in [5, 5.41) is 2.83. The van der Waals surface area contributed by atoms with Gasteiger partial charge in [-0.1, -0.05) is 12.1 Å². The molecule has 0 aliphatic carbocycles. The van der Waals surface area contributed by atoms with E-state index >= 15 is 0 Å². The molecule has 3 rings (SSSR count). The zero-order valence-corrected chi connectivity index (χ0v) is 11.5. The smallest absolute Gasteiger partial charge is 0.257 e. The highest BCUT2D eigenvalue weighted by Crippen LogP contribution is 2.24. The van der Waals surface area contributed by atoms with Crippen molar-refractivity contribution < 1.29 is 9.53 Å². The fraction of sp³-hybridized carbons (Fsp3) is 0.133. The Morgan fingerprint density at radius 1 is 1.33 bits per heavy atom. The van der Waals surface area contributed by atoms with Crippen LogP contribution in [0.25, 0.3) is 11.2 Å². The topological polar surface area (TPSA) is 79.9 Å². The van der Waals surface area contributed by atoms with Gasteiger partial charge >= 0.3 is 0 Å². The molecule has 6 nitrogen and oxygen atoms in total. The lowest BCUT2D eigenvalue weighted by Crippen LogP contribution is -2.13. The molecule has 6 heteroatoms. The van der Waals surface area contributed by atoms with Crippen LogP contribution in [0, 0.1) is 0 Å². The first-order chi connectivity index (χ1) is 10.3. The number of imidazole rings is 1. The number of benzene rings is 1. The van der Waals surface area contributed by atoms with Gasteiger partial charge in [0.05, 0.1) is 29.7 Å². The van der Waals surface area contributed by atoms with E-state index in [1.165, 1.54) is 6.20 Å². The molecular formula is C15H14N4O2. The summed E-state index contributed by atoms with van der Waals surface area (Å²) in [4.78, 5) is 23.4. The molecule has 106 valence electrons. The first-order valence-corrected chi connectivity index (χ1v) is 6.60. The summed E-state index contributed by atoms with van der Waals surface area (Å²) in [6.45, 7) is 2.43. The molecule has 2 N–H and O–H groups in total. The molecule has 2 aromatic heterocycles. The van der Waals surface area contributed by atoms with Gasteiger partial charge in [0, 0.05) is 6.20 Å². The van der Waals surface area contributed by atoms with Crippen molar-refractivity contribution >= 4 is 22.8 Å². The van der Waals surface area contributed by atoms with Crippen molar-refractivity contribution in [3.8, 4) is 5.75 Å². The van der Waals surface area contributed by atoms with Gasteiger partial charge in [0.1, 0.15) is 5.75 Å². The van der Waals surface area contributed by atoms with Crippen LogP contribution in [0.15, 0.2) is 42.9 Å². The molecule has 0 saturated carbocycles. The Bertz CT molecular complexity index is 782. The van der Waals surface area contributed by atoms with Gasteiger partial charge in [-0.25, -0.2) is 9.97 Å². The summed E-state index contributed by atoms with van der Waals surface area (Å²) in [5.41, 5.74) is 2.40. The zero-order valence-electron chi connectivity index (χ0n) is 11.5. The predicted molar refractivity (Wildman–Crippen MR) is 79.5 cm³/mol. The van der Waals surface area contributed by atoms with Crippen molar-refractivity contribution in [2.75, 3.05) is 11.9 Å². The van der Waals surface area contributed by atoms with Gasteiger partial charge in [-0.05, 0) is 25.1 Å². The normalized spacial score (nSPS) is 10.5. The lowest BCUT2D eigenvalue weighted by Gasteiger charge is -2.11. The summed E-state index contributed by atoms with van der Waals surface area (Å²) in [5.74, 6) is 0.398. The second-order valence-electron chi connectivity index (χ2n) is 4.38.